The van der Waals surface area contributed by atoms with Crippen LogP contribution in [0, 0.1) is 12.7 Å². The Kier molecular flexibility index (Phi) is 4.00. The molecule has 2 aromatic rings. The monoisotopic (exact) mass is 316 g/mol. The van der Waals surface area contributed by atoms with Crippen molar-refractivity contribution in [3.05, 3.63) is 58.2 Å². The number of aromatic carboxylic acids is 1. The molecular formula is C17H17FN2O3. The predicted octanol–water partition coefficient (Wildman–Crippen LogP) is 2.49. The summed E-state index contributed by atoms with van der Waals surface area (Å²) in [6, 6.07) is 5.80. The molecule has 1 aliphatic heterocycles. The van der Waals surface area contributed by atoms with Gasteiger partial charge in [0.15, 0.2) is 0 Å². The lowest BCUT2D eigenvalue weighted by Crippen LogP contribution is -2.31. The van der Waals surface area contributed by atoms with Gasteiger partial charge in [0.05, 0.1) is 11.3 Å². The number of carboxylic acids is 1. The summed E-state index contributed by atoms with van der Waals surface area (Å²) in [5.41, 5.74) is 2.80. The standard InChI is InChI=1S/C17H17FN2O3/c1-10-2-3-16(21)15(19-10)9-20-5-4-13-11(8-20)6-12(18)7-14(13)17(22)23/h2-3,6-7,21H,4-5,8-9H2,1H3,(H,22,23). The van der Waals surface area contributed by atoms with Gasteiger partial charge in [0.25, 0.3) is 0 Å². The lowest BCUT2D eigenvalue weighted by Gasteiger charge is -2.29. The second-order valence-corrected chi connectivity index (χ2v) is 5.78. The first-order valence-corrected chi connectivity index (χ1v) is 7.36. The molecule has 120 valence electrons. The molecule has 0 aliphatic carbocycles. The fourth-order valence-corrected chi connectivity index (χ4v) is 2.98. The Balaban J connectivity index is 1.86. The molecule has 0 bridgehead atoms. The number of carboxylic acid groups (broad SMARTS) is 1. The van der Waals surface area contributed by atoms with Gasteiger partial charge in [0, 0.05) is 25.3 Å². The van der Waals surface area contributed by atoms with Gasteiger partial charge in [-0.1, -0.05) is 0 Å². The first-order valence-electron chi connectivity index (χ1n) is 7.36. The molecule has 1 aromatic heterocycles. The minimum atomic E-state index is -1.10. The summed E-state index contributed by atoms with van der Waals surface area (Å²) in [6.07, 6.45) is 0.532. The van der Waals surface area contributed by atoms with E-state index < -0.39 is 11.8 Å². The Bertz CT molecular complexity index is 777. The van der Waals surface area contributed by atoms with Gasteiger partial charge in [0.1, 0.15) is 11.6 Å². The van der Waals surface area contributed by atoms with Crippen LogP contribution >= 0.6 is 0 Å². The van der Waals surface area contributed by atoms with Crippen LogP contribution in [0.25, 0.3) is 0 Å². The number of benzene rings is 1. The van der Waals surface area contributed by atoms with Gasteiger partial charge in [0.2, 0.25) is 0 Å². The molecule has 0 saturated carbocycles. The summed E-state index contributed by atoms with van der Waals surface area (Å²) in [7, 11) is 0. The highest BCUT2D eigenvalue weighted by Crippen LogP contribution is 2.26. The zero-order chi connectivity index (χ0) is 16.6. The number of aromatic hydroxyl groups is 1. The van der Waals surface area contributed by atoms with Crippen molar-refractivity contribution in [1.82, 2.24) is 9.88 Å². The molecule has 2 N–H and O–H groups in total. The number of fused-ring (bicyclic) bond motifs is 1. The minimum absolute atomic E-state index is 0.0381. The van der Waals surface area contributed by atoms with E-state index in [1.54, 1.807) is 12.1 Å². The molecule has 1 aromatic carbocycles. The predicted molar refractivity (Wildman–Crippen MR) is 81.8 cm³/mol. The van der Waals surface area contributed by atoms with Gasteiger partial charge < -0.3 is 10.2 Å². The fraction of sp³-hybridized carbons (Fsp3) is 0.294. The maximum atomic E-state index is 13.7. The van der Waals surface area contributed by atoms with E-state index in [2.05, 4.69) is 4.98 Å². The van der Waals surface area contributed by atoms with E-state index in [1.807, 2.05) is 11.8 Å². The highest BCUT2D eigenvalue weighted by Gasteiger charge is 2.23. The van der Waals surface area contributed by atoms with Crippen molar-refractivity contribution in [2.45, 2.75) is 26.4 Å². The summed E-state index contributed by atoms with van der Waals surface area (Å²) in [6.45, 7) is 3.35. The smallest absolute Gasteiger partial charge is 0.336 e. The minimum Gasteiger partial charge on any atom is -0.506 e. The number of pyridine rings is 1. The number of halogens is 1. The van der Waals surface area contributed by atoms with E-state index in [9.17, 15) is 19.4 Å². The molecule has 3 rings (SSSR count). The van der Waals surface area contributed by atoms with Gasteiger partial charge >= 0.3 is 5.97 Å². The molecule has 6 heteroatoms. The zero-order valence-electron chi connectivity index (χ0n) is 12.7. The number of hydrogen-bond donors (Lipinski definition) is 2. The second kappa shape index (κ2) is 5.96. The molecule has 1 aliphatic rings. The SMILES string of the molecule is Cc1ccc(O)c(CN2CCc3c(cc(F)cc3C(=O)O)C2)n1. The third kappa shape index (κ3) is 3.17. The van der Waals surface area contributed by atoms with Crippen LogP contribution in [0.3, 0.4) is 0 Å². The average molecular weight is 316 g/mol. The summed E-state index contributed by atoms with van der Waals surface area (Å²) in [5, 5.41) is 19.1. The van der Waals surface area contributed by atoms with Gasteiger partial charge in [-0.15, -0.1) is 0 Å². The summed E-state index contributed by atoms with van der Waals surface area (Å²) >= 11 is 0. The van der Waals surface area contributed by atoms with Crippen molar-refractivity contribution in [2.75, 3.05) is 6.54 Å². The van der Waals surface area contributed by atoms with Crippen LogP contribution in [-0.2, 0) is 19.5 Å². The highest BCUT2D eigenvalue weighted by molar-refractivity contribution is 5.90. The first-order chi connectivity index (χ1) is 10.9. The van der Waals surface area contributed by atoms with E-state index in [1.165, 1.54) is 6.07 Å². The van der Waals surface area contributed by atoms with Gasteiger partial charge in [-0.25, -0.2) is 9.18 Å². The van der Waals surface area contributed by atoms with Crippen LogP contribution in [0.2, 0.25) is 0 Å². The van der Waals surface area contributed by atoms with Crippen LogP contribution in [0.5, 0.6) is 5.75 Å². The van der Waals surface area contributed by atoms with Crippen LogP contribution < -0.4 is 0 Å². The molecule has 0 spiro atoms. The maximum absolute atomic E-state index is 13.7. The fourth-order valence-electron chi connectivity index (χ4n) is 2.98. The van der Waals surface area contributed by atoms with Crippen molar-refractivity contribution in [1.29, 1.82) is 0 Å². The Morgan fingerprint density at radius 1 is 1.39 bits per heavy atom. The van der Waals surface area contributed by atoms with E-state index in [4.69, 9.17) is 0 Å². The molecule has 0 radical (unpaired) electrons. The number of carbonyl (C=O) groups is 1. The van der Waals surface area contributed by atoms with Crippen LogP contribution in [0.1, 0.15) is 32.9 Å². The quantitative estimate of drug-likeness (QED) is 0.910. The maximum Gasteiger partial charge on any atom is 0.336 e. The largest absolute Gasteiger partial charge is 0.506 e. The lowest BCUT2D eigenvalue weighted by atomic mass is 9.94. The topological polar surface area (TPSA) is 73.7 Å². The molecule has 0 fully saturated rings. The Morgan fingerprint density at radius 3 is 2.91 bits per heavy atom. The number of hydrogen-bond acceptors (Lipinski definition) is 4. The van der Waals surface area contributed by atoms with Crippen molar-refractivity contribution < 1.29 is 19.4 Å². The molecular weight excluding hydrogens is 299 g/mol. The van der Waals surface area contributed by atoms with Crippen molar-refractivity contribution in [2.24, 2.45) is 0 Å². The van der Waals surface area contributed by atoms with Crippen molar-refractivity contribution in [3.63, 3.8) is 0 Å². The van der Waals surface area contributed by atoms with Gasteiger partial charge in [-0.2, -0.15) is 0 Å². The number of nitrogens with zero attached hydrogens (tertiary/aromatic N) is 2. The lowest BCUT2D eigenvalue weighted by molar-refractivity contribution is 0.0694. The number of aryl methyl sites for hydroxylation is 1. The summed E-state index contributed by atoms with van der Waals surface area (Å²) in [5.74, 6) is -1.52. The van der Waals surface area contributed by atoms with Crippen LogP contribution in [-0.4, -0.2) is 32.6 Å². The van der Waals surface area contributed by atoms with Crippen LogP contribution in [0.4, 0.5) is 4.39 Å². The Labute approximate surface area is 133 Å². The second-order valence-electron chi connectivity index (χ2n) is 5.78. The third-order valence-electron chi connectivity index (χ3n) is 4.07. The Hall–Kier alpha value is -2.47. The molecule has 23 heavy (non-hydrogen) atoms. The zero-order valence-corrected chi connectivity index (χ0v) is 12.7. The molecule has 0 atom stereocenters. The molecule has 5 nitrogen and oxygen atoms in total. The van der Waals surface area contributed by atoms with Gasteiger partial charge in [-0.05, 0) is 48.7 Å². The van der Waals surface area contributed by atoms with E-state index in [0.717, 1.165) is 11.8 Å². The number of rotatable bonds is 3. The Morgan fingerprint density at radius 2 is 2.17 bits per heavy atom. The van der Waals surface area contributed by atoms with E-state index in [-0.39, 0.29) is 11.3 Å². The van der Waals surface area contributed by atoms with Crippen molar-refractivity contribution in [3.8, 4) is 5.75 Å². The molecule has 2 heterocycles. The average Bonchev–Trinajstić information content (AvgIpc) is 2.49. The molecule has 0 saturated heterocycles. The normalized spacial score (nSPS) is 14.5. The highest BCUT2D eigenvalue weighted by atomic mass is 19.1. The van der Waals surface area contributed by atoms with E-state index in [0.29, 0.717) is 42.9 Å². The summed E-state index contributed by atoms with van der Waals surface area (Å²) in [4.78, 5) is 17.6. The van der Waals surface area contributed by atoms with Crippen LogP contribution in [0.15, 0.2) is 24.3 Å². The van der Waals surface area contributed by atoms with E-state index >= 15 is 0 Å². The van der Waals surface area contributed by atoms with Gasteiger partial charge in [-0.3, -0.25) is 9.88 Å². The molecule has 0 amide bonds. The number of aromatic nitrogens is 1. The summed E-state index contributed by atoms with van der Waals surface area (Å²) < 4.78 is 13.7. The first kappa shape index (κ1) is 15.4. The molecule has 0 unspecified atom stereocenters. The van der Waals surface area contributed by atoms with Crippen molar-refractivity contribution >= 4 is 5.97 Å². The third-order valence-corrected chi connectivity index (χ3v) is 4.07.